The summed E-state index contributed by atoms with van der Waals surface area (Å²) in [5.74, 6) is 1.05. The molecule has 4 rings (SSSR count). The number of aliphatic hydroxyl groups is 1. The first-order valence-corrected chi connectivity index (χ1v) is 7.71. The molecule has 0 fully saturated rings. The minimum Gasteiger partial charge on any atom is -0.454 e. The Labute approximate surface area is 139 Å². The molecule has 1 aliphatic carbocycles. The molecule has 3 N–H and O–H groups in total. The summed E-state index contributed by atoms with van der Waals surface area (Å²) in [7, 11) is 0. The molecule has 0 spiro atoms. The number of ether oxygens (including phenoxy) is 2. The van der Waals surface area contributed by atoms with E-state index < -0.39 is 5.60 Å². The second-order valence-electron chi connectivity index (χ2n) is 6.03. The van der Waals surface area contributed by atoms with E-state index in [0.717, 1.165) is 5.56 Å². The van der Waals surface area contributed by atoms with Gasteiger partial charge in [-0.05, 0) is 29.7 Å². The minimum absolute atomic E-state index is 0.195. The highest BCUT2D eigenvalue weighted by Crippen LogP contribution is 2.49. The molecule has 2 aromatic rings. The summed E-state index contributed by atoms with van der Waals surface area (Å²) in [4.78, 5) is 0. The van der Waals surface area contributed by atoms with Crippen molar-refractivity contribution in [3.8, 4) is 17.6 Å². The second kappa shape index (κ2) is 5.29. The van der Waals surface area contributed by atoms with Crippen LogP contribution in [0.1, 0.15) is 23.5 Å². The largest absolute Gasteiger partial charge is 0.454 e. The minimum atomic E-state index is -1.34. The molecule has 24 heavy (non-hydrogen) atoms. The lowest BCUT2D eigenvalue weighted by atomic mass is 9.86. The highest BCUT2D eigenvalue weighted by Gasteiger charge is 2.45. The fraction of sp³-hybridized carbons (Fsp3) is 0.211. The van der Waals surface area contributed by atoms with E-state index in [2.05, 4.69) is 6.07 Å². The van der Waals surface area contributed by atoms with Gasteiger partial charge in [0.25, 0.3) is 0 Å². The fourth-order valence-corrected chi connectivity index (χ4v) is 3.46. The zero-order valence-electron chi connectivity index (χ0n) is 12.9. The van der Waals surface area contributed by atoms with Crippen molar-refractivity contribution >= 4 is 0 Å². The predicted octanol–water partition coefficient (Wildman–Crippen LogP) is 2.53. The van der Waals surface area contributed by atoms with Gasteiger partial charge in [-0.15, -0.1) is 0 Å². The Kier molecular flexibility index (Phi) is 3.22. The Balaban J connectivity index is 1.78. The smallest absolute Gasteiger partial charge is 0.231 e. The second-order valence-corrected chi connectivity index (χ2v) is 6.03. The van der Waals surface area contributed by atoms with Crippen molar-refractivity contribution in [2.75, 3.05) is 6.79 Å². The molecule has 2 atom stereocenters. The number of nitrogens with two attached hydrogens (primary N) is 1. The number of nitriles is 1. The van der Waals surface area contributed by atoms with Crippen molar-refractivity contribution in [2.24, 2.45) is 5.73 Å². The summed E-state index contributed by atoms with van der Waals surface area (Å²) >= 11 is 0. The average Bonchev–Trinajstić information content (AvgIpc) is 3.18. The third-order valence-electron chi connectivity index (χ3n) is 4.75. The molecule has 0 saturated heterocycles. The molecule has 0 unspecified atom stereocenters. The van der Waals surface area contributed by atoms with Crippen LogP contribution in [-0.4, -0.2) is 11.9 Å². The maximum Gasteiger partial charge on any atom is 0.231 e. The van der Waals surface area contributed by atoms with Crippen LogP contribution in [0.25, 0.3) is 0 Å². The topological polar surface area (TPSA) is 88.5 Å². The van der Waals surface area contributed by atoms with Gasteiger partial charge in [-0.3, -0.25) is 0 Å². The quantitative estimate of drug-likeness (QED) is 0.887. The van der Waals surface area contributed by atoms with Crippen LogP contribution in [0.15, 0.2) is 59.8 Å². The first-order chi connectivity index (χ1) is 11.6. The van der Waals surface area contributed by atoms with Gasteiger partial charge in [0.05, 0.1) is 17.3 Å². The van der Waals surface area contributed by atoms with Gasteiger partial charge in [0, 0.05) is 5.92 Å². The Morgan fingerprint density at radius 2 is 1.88 bits per heavy atom. The number of nitrogens with zero attached hydrogens (tertiary/aromatic N) is 1. The van der Waals surface area contributed by atoms with Gasteiger partial charge in [0.1, 0.15) is 5.60 Å². The molecule has 0 amide bonds. The first-order valence-electron chi connectivity index (χ1n) is 7.71. The zero-order chi connectivity index (χ0) is 16.7. The van der Waals surface area contributed by atoms with E-state index in [1.807, 2.05) is 48.5 Å². The molecule has 0 radical (unpaired) electrons. The summed E-state index contributed by atoms with van der Waals surface area (Å²) in [5, 5.41) is 20.8. The molecule has 0 bridgehead atoms. The normalized spacial score (nSPS) is 24.9. The lowest BCUT2D eigenvalue weighted by molar-refractivity contribution is 0.0724. The number of hydrogen-bond acceptors (Lipinski definition) is 5. The summed E-state index contributed by atoms with van der Waals surface area (Å²) < 4.78 is 10.7. The van der Waals surface area contributed by atoms with Gasteiger partial charge < -0.3 is 20.3 Å². The van der Waals surface area contributed by atoms with Crippen LogP contribution in [0.3, 0.4) is 0 Å². The van der Waals surface area contributed by atoms with Gasteiger partial charge in [0.15, 0.2) is 11.5 Å². The van der Waals surface area contributed by atoms with Crippen LogP contribution in [0.4, 0.5) is 0 Å². The van der Waals surface area contributed by atoms with Gasteiger partial charge in [-0.2, -0.15) is 5.26 Å². The summed E-state index contributed by atoms with van der Waals surface area (Å²) in [6.45, 7) is 0.195. The van der Waals surface area contributed by atoms with Gasteiger partial charge in [-0.25, -0.2) is 0 Å². The van der Waals surface area contributed by atoms with Crippen LogP contribution in [-0.2, 0) is 5.60 Å². The predicted molar refractivity (Wildman–Crippen MR) is 87.1 cm³/mol. The molecule has 2 aromatic carbocycles. The van der Waals surface area contributed by atoms with Crippen molar-refractivity contribution in [1.82, 2.24) is 0 Å². The molecule has 1 heterocycles. The van der Waals surface area contributed by atoms with E-state index in [1.165, 1.54) is 0 Å². The van der Waals surface area contributed by atoms with Crippen LogP contribution in [0, 0.1) is 11.3 Å². The molecule has 5 nitrogen and oxygen atoms in total. The molecular weight excluding hydrogens is 304 g/mol. The molecule has 1 aliphatic heterocycles. The number of rotatable bonds is 2. The maximum absolute atomic E-state index is 11.2. The molecule has 2 aliphatic rings. The van der Waals surface area contributed by atoms with Crippen LogP contribution >= 0.6 is 0 Å². The molecule has 0 aromatic heterocycles. The summed E-state index contributed by atoms with van der Waals surface area (Å²) in [6.07, 6.45) is 0.325. The van der Waals surface area contributed by atoms with Crippen LogP contribution in [0.5, 0.6) is 11.5 Å². The van der Waals surface area contributed by atoms with E-state index in [9.17, 15) is 10.4 Å². The Hall–Kier alpha value is -2.97. The van der Waals surface area contributed by atoms with Gasteiger partial charge >= 0.3 is 0 Å². The lowest BCUT2D eigenvalue weighted by Crippen LogP contribution is -2.29. The van der Waals surface area contributed by atoms with E-state index in [-0.39, 0.29) is 18.4 Å². The summed E-state index contributed by atoms with van der Waals surface area (Å²) in [6, 6.07) is 17.0. The van der Waals surface area contributed by atoms with Crippen LogP contribution in [0.2, 0.25) is 0 Å². The van der Waals surface area contributed by atoms with E-state index in [1.54, 1.807) is 0 Å². The third kappa shape index (κ3) is 2.04. The Morgan fingerprint density at radius 1 is 1.12 bits per heavy atom. The third-order valence-corrected chi connectivity index (χ3v) is 4.75. The van der Waals surface area contributed by atoms with E-state index in [4.69, 9.17) is 15.2 Å². The van der Waals surface area contributed by atoms with Crippen molar-refractivity contribution < 1.29 is 14.6 Å². The first kappa shape index (κ1) is 14.6. The monoisotopic (exact) mass is 320 g/mol. The fourth-order valence-electron chi connectivity index (χ4n) is 3.46. The highest BCUT2D eigenvalue weighted by atomic mass is 16.7. The number of fused-ring (bicyclic) bond motifs is 1. The zero-order valence-corrected chi connectivity index (χ0v) is 12.9. The number of allylic oxidation sites excluding steroid dienone is 1. The highest BCUT2D eigenvalue weighted by molar-refractivity contribution is 5.54. The number of hydrogen-bond donors (Lipinski definition) is 2. The van der Waals surface area contributed by atoms with Gasteiger partial charge in [-0.1, -0.05) is 36.4 Å². The van der Waals surface area contributed by atoms with Gasteiger partial charge in [0.2, 0.25) is 6.79 Å². The van der Waals surface area contributed by atoms with Crippen molar-refractivity contribution in [2.45, 2.75) is 17.9 Å². The maximum atomic E-state index is 11.2. The van der Waals surface area contributed by atoms with Crippen molar-refractivity contribution in [1.29, 1.82) is 5.26 Å². The molecule has 5 heteroatoms. The Morgan fingerprint density at radius 3 is 2.62 bits per heavy atom. The van der Waals surface area contributed by atoms with E-state index >= 15 is 0 Å². The standard InChI is InChI=1S/C19H16N2O3/c20-10-15-14(12-6-7-16-17(8-12)24-11-23-16)9-19(22,18(15)21)13-4-2-1-3-5-13/h1-8,14,22H,9,11,21H2/t14-,19-/m1/s1. The van der Waals surface area contributed by atoms with Crippen molar-refractivity contribution in [3.05, 3.63) is 70.9 Å². The van der Waals surface area contributed by atoms with Crippen LogP contribution < -0.4 is 15.2 Å². The SMILES string of the molecule is N#CC1=C(N)[C@](O)(c2ccccc2)C[C@@H]1c1ccc2c(c1)OCO2. The van der Waals surface area contributed by atoms with Crippen molar-refractivity contribution in [3.63, 3.8) is 0 Å². The average molecular weight is 320 g/mol. The molecular formula is C19H16N2O3. The lowest BCUT2D eigenvalue weighted by Gasteiger charge is -2.25. The molecule has 120 valence electrons. The van der Waals surface area contributed by atoms with E-state index in [0.29, 0.717) is 29.1 Å². The Bertz CT molecular complexity index is 870. The summed E-state index contributed by atoms with van der Waals surface area (Å²) in [5.41, 5.74) is 7.05. The molecule has 0 saturated carbocycles. The number of benzene rings is 2.